The third kappa shape index (κ3) is 7.04. The molecule has 0 heterocycles. The van der Waals surface area contributed by atoms with Gasteiger partial charge in [0, 0.05) is 6.54 Å². The lowest BCUT2D eigenvalue weighted by Gasteiger charge is -2.20. The van der Waals surface area contributed by atoms with Gasteiger partial charge < -0.3 is 10.8 Å². The average Bonchev–Trinajstić information content (AvgIpc) is 2.55. The largest absolute Gasteiger partial charge is 0.481 e. The van der Waals surface area contributed by atoms with Gasteiger partial charge in [-0.3, -0.25) is 4.79 Å². The van der Waals surface area contributed by atoms with Gasteiger partial charge in [0.15, 0.2) is 0 Å². The molecule has 3 N–H and O–H groups in total. The maximum atomic E-state index is 13.1. The molecule has 0 aromatic heterocycles. The van der Waals surface area contributed by atoms with Gasteiger partial charge in [0.25, 0.3) is 0 Å². The molecule has 0 aliphatic carbocycles. The molecule has 1 aromatic rings. The lowest BCUT2D eigenvalue weighted by Crippen LogP contribution is -2.25. The number of halogens is 6. The summed E-state index contributed by atoms with van der Waals surface area (Å²) in [6, 6.07) is 1.66. The van der Waals surface area contributed by atoms with Crippen LogP contribution in [-0.2, 0) is 23.6 Å². The summed E-state index contributed by atoms with van der Waals surface area (Å²) in [5, 5.41) is 9.04. The molecule has 2 atom stereocenters. The van der Waals surface area contributed by atoms with E-state index in [4.69, 9.17) is 10.8 Å². The molecular weight excluding hydrogens is 376 g/mol. The van der Waals surface area contributed by atoms with Crippen molar-refractivity contribution in [3.8, 4) is 0 Å². The van der Waals surface area contributed by atoms with Gasteiger partial charge in [0.2, 0.25) is 0 Å². The number of nitrogens with two attached hydrogens (primary N) is 1. The van der Waals surface area contributed by atoms with Crippen LogP contribution >= 0.6 is 0 Å². The van der Waals surface area contributed by atoms with Gasteiger partial charge in [-0.25, -0.2) is 0 Å². The molecule has 0 bridgehead atoms. The highest BCUT2D eigenvalue weighted by Gasteiger charge is 2.37. The zero-order valence-electron chi connectivity index (χ0n) is 14.8. The van der Waals surface area contributed by atoms with E-state index in [1.165, 1.54) is 0 Å². The predicted molar refractivity (Wildman–Crippen MR) is 88.0 cm³/mol. The number of alkyl halides is 6. The molecule has 0 amide bonds. The highest BCUT2D eigenvalue weighted by atomic mass is 19.4. The first kappa shape index (κ1) is 23.3. The van der Waals surface area contributed by atoms with Crippen LogP contribution in [0.1, 0.15) is 49.3 Å². The van der Waals surface area contributed by atoms with Gasteiger partial charge in [-0.1, -0.05) is 25.8 Å². The predicted octanol–water partition coefficient (Wildman–Crippen LogP) is 5.12. The molecule has 0 fully saturated rings. The Morgan fingerprint density at radius 3 is 2.22 bits per heavy atom. The summed E-state index contributed by atoms with van der Waals surface area (Å²) < 4.78 is 77.4. The Kier molecular flexibility index (Phi) is 8.13. The molecule has 0 radical (unpaired) electrons. The van der Waals surface area contributed by atoms with Crippen molar-refractivity contribution in [2.45, 2.75) is 51.4 Å². The van der Waals surface area contributed by atoms with Crippen LogP contribution in [0.25, 0.3) is 0 Å². The van der Waals surface area contributed by atoms with E-state index >= 15 is 0 Å². The van der Waals surface area contributed by atoms with Crippen LogP contribution in [0.5, 0.6) is 0 Å². The van der Waals surface area contributed by atoms with Gasteiger partial charge in [-0.15, -0.1) is 0 Å². The molecule has 0 saturated carbocycles. The minimum atomic E-state index is -4.88. The molecule has 3 nitrogen and oxygen atoms in total. The minimum Gasteiger partial charge on any atom is -0.481 e. The Bertz CT molecular complexity index is 627. The number of benzene rings is 1. The van der Waals surface area contributed by atoms with Crippen molar-refractivity contribution >= 4 is 5.97 Å². The van der Waals surface area contributed by atoms with E-state index in [1.54, 1.807) is 0 Å². The number of carboxylic acid groups (broad SMARTS) is 1. The second-order valence-corrected chi connectivity index (χ2v) is 6.54. The van der Waals surface area contributed by atoms with Crippen molar-refractivity contribution in [2.75, 3.05) is 6.54 Å². The van der Waals surface area contributed by atoms with Crippen molar-refractivity contribution < 1.29 is 36.2 Å². The lowest BCUT2D eigenvalue weighted by molar-refractivity contribution is -0.144. The van der Waals surface area contributed by atoms with E-state index in [1.807, 2.05) is 6.92 Å². The molecule has 9 heteroatoms. The van der Waals surface area contributed by atoms with Gasteiger partial charge in [0.05, 0.1) is 17.0 Å². The van der Waals surface area contributed by atoms with Crippen LogP contribution in [0.2, 0.25) is 0 Å². The number of aliphatic carboxylic acids is 1. The second-order valence-electron chi connectivity index (χ2n) is 6.54. The van der Waals surface area contributed by atoms with Crippen LogP contribution in [0.15, 0.2) is 18.2 Å². The van der Waals surface area contributed by atoms with Gasteiger partial charge in [-0.2, -0.15) is 26.3 Å². The minimum absolute atomic E-state index is 0.0248. The number of aryl methyl sites for hydroxylation is 1. The topological polar surface area (TPSA) is 63.3 Å². The van der Waals surface area contributed by atoms with E-state index in [2.05, 4.69) is 0 Å². The van der Waals surface area contributed by atoms with Crippen molar-refractivity contribution in [3.05, 3.63) is 34.9 Å². The second kappa shape index (κ2) is 9.43. The molecule has 1 rings (SSSR count). The zero-order chi connectivity index (χ0) is 20.8. The fourth-order valence-electron chi connectivity index (χ4n) is 3.00. The Balaban J connectivity index is 2.85. The maximum absolute atomic E-state index is 13.1. The van der Waals surface area contributed by atoms with Crippen molar-refractivity contribution in [2.24, 2.45) is 17.6 Å². The average molecular weight is 399 g/mol. The van der Waals surface area contributed by atoms with Crippen LogP contribution < -0.4 is 5.73 Å². The highest BCUT2D eigenvalue weighted by Crippen LogP contribution is 2.38. The van der Waals surface area contributed by atoms with Gasteiger partial charge in [0.1, 0.15) is 0 Å². The normalized spacial score (nSPS) is 14.8. The van der Waals surface area contributed by atoms with Crippen LogP contribution in [0.4, 0.5) is 26.3 Å². The van der Waals surface area contributed by atoms with E-state index in [0.717, 1.165) is 6.07 Å². The van der Waals surface area contributed by atoms with Gasteiger partial charge in [-0.05, 0) is 42.9 Å². The molecule has 27 heavy (non-hydrogen) atoms. The molecule has 0 spiro atoms. The Hall–Kier alpha value is -1.77. The smallest absolute Gasteiger partial charge is 0.416 e. The fourth-order valence-corrected chi connectivity index (χ4v) is 3.00. The Morgan fingerprint density at radius 2 is 1.78 bits per heavy atom. The molecule has 2 unspecified atom stereocenters. The highest BCUT2D eigenvalue weighted by molar-refractivity contribution is 5.70. The molecule has 0 aliphatic rings. The first-order valence-electron chi connectivity index (χ1n) is 8.60. The number of hydrogen-bond acceptors (Lipinski definition) is 2. The fraction of sp³-hybridized carbons (Fsp3) is 0.611. The summed E-state index contributed by atoms with van der Waals surface area (Å²) in [6.45, 7) is 1.82. The number of carboxylic acids is 1. The Morgan fingerprint density at radius 1 is 1.15 bits per heavy atom. The number of rotatable bonds is 9. The third-order valence-electron chi connectivity index (χ3n) is 4.63. The van der Waals surface area contributed by atoms with E-state index in [-0.39, 0.29) is 30.5 Å². The van der Waals surface area contributed by atoms with E-state index in [0.29, 0.717) is 31.7 Å². The third-order valence-corrected chi connectivity index (χ3v) is 4.63. The summed E-state index contributed by atoms with van der Waals surface area (Å²) in [5.41, 5.74) is 2.60. The summed E-state index contributed by atoms with van der Waals surface area (Å²) >= 11 is 0. The van der Waals surface area contributed by atoms with E-state index < -0.39 is 35.4 Å². The van der Waals surface area contributed by atoms with Crippen molar-refractivity contribution in [1.29, 1.82) is 0 Å². The SMILES string of the molecule is CCC(CCCc1ccc(C(F)(F)F)cc1C(F)(F)F)CC(CN)C(=O)O. The first-order chi connectivity index (χ1) is 12.4. The zero-order valence-corrected chi connectivity index (χ0v) is 14.8. The number of carbonyl (C=O) groups is 1. The van der Waals surface area contributed by atoms with Crippen molar-refractivity contribution in [3.63, 3.8) is 0 Å². The number of hydrogen-bond donors (Lipinski definition) is 2. The van der Waals surface area contributed by atoms with Crippen molar-refractivity contribution in [1.82, 2.24) is 0 Å². The molecule has 0 saturated heterocycles. The molecule has 154 valence electrons. The quantitative estimate of drug-likeness (QED) is 0.567. The monoisotopic (exact) mass is 399 g/mol. The summed E-state index contributed by atoms with van der Waals surface area (Å²) in [4.78, 5) is 11.0. The van der Waals surface area contributed by atoms with Crippen LogP contribution in [0.3, 0.4) is 0 Å². The summed E-state index contributed by atoms with van der Waals surface area (Å²) in [5.74, 6) is -1.76. The Labute approximate surface area is 153 Å². The maximum Gasteiger partial charge on any atom is 0.416 e. The standard InChI is InChI=1S/C18H23F6NO2/c1-2-11(8-13(10-25)16(26)27)4-3-5-12-6-7-14(17(19,20)21)9-15(12)18(22,23)24/h6-7,9,11,13H,2-5,8,10,25H2,1H3,(H,26,27). The van der Waals surface area contributed by atoms with Gasteiger partial charge >= 0.3 is 18.3 Å². The summed E-state index contributed by atoms with van der Waals surface area (Å²) in [6.07, 6.45) is -8.02. The lowest BCUT2D eigenvalue weighted by atomic mass is 9.87. The molecule has 1 aromatic carbocycles. The van der Waals surface area contributed by atoms with Crippen LogP contribution in [-0.4, -0.2) is 17.6 Å². The van der Waals surface area contributed by atoms with E-state index in [9.17, 15) is 31.1 Å². The summed E-state index contributed by atoms with van der Waals surface area (Å²) in [7, 11) is 0. The molecular formula is C18H23F6NO2. The first-order valence-corrected chi connectivity index (χ1v) is 8.60. The van der Waals surface area contributed by atoms with Crippen LogP contribution in [0, 0.1) is 11.8 Å². The molecule has 0 aliphatic heterocycles.